The highest BCUT2D eigenvalue weighted by atomic mass is 32.1. The van der Waals surface area contributed by atoms with E-state index in [1.165, 1.54) is 0 Å². The lowest BCUT2D eigenvalue weighted by molar-refractivity contribution is -0.129. The second-order valence-corrected chi connectivity index (χ2v) is 7.42. The Bertz CT molecular complexity index is 762. The maximum Gasteiger partial charge on any atom is 0.255 e. The Balaban J connectivity index is 1.60. The van der Waals surface area contributed by atoms with E-state index >= 15 is 0 Å². The number of thiazole rings is 1. The van der Waals surface area contributed by atoms with Crippen LogP contribution in [0.3, 0.4) is 0 Å². The fourth-order valence-corrected chi connectivity index (χ4v) is 3.67. The first kappa shape index (κ1) is 18.3. The first-order chi connectivity index (χ1) is 12.5. The number of carbonyl (C=O) groups excluding carboxylic acids is 2. The molecule has 1 aliphatic rings. The van der Waals surface area contributed by atoms with Gasteiger partial charge < -0.3 is 15.1 Å². The smallest absolute Gasteiger partial charge is 0.255 e. The van der Waals surface area contributed by atoms with Gasteiger partial charge in [0.25, 0.3) is 5.91 Å². The monoisotopic (exact) mass is 373 g/mol. The van der Waals surface area contributed by atoms with Gasteiger partial charge in [0, 0.05) is 44.8 Å². The molecule has 0 unspecified atom stereocenters. The summed E-state index contributed by atoms with van der Waals surface area (Å²) in [5.41, 5.74) is 0.559. The number of nitrogens with zero attached hydrogens (tertiary/aromatic N) is 4. The van der Waals surface area contributed by atoms with Crippen LogP contribution in [0.4, 0.5) is 5.82 Å². The average molecular weight is 373 g/mol. The van der Waals surface area contributed by atoms with Gasteiger partial charge in [0.15, 0.2) is 0 Å². The number of aromatic nitrogens is 2. The molecule has 1 N–H and O–H groups in total. The van der Waals surface area contributed by atoms with Crippen molar-refractivity contribution in [2.45, 2.75) is 32.4 Å². The van der Waals surface area contributed by atoms with Crippen LogP contribution in [0, 0.1) is 0 Å². The molecule has 138 valence electrons. The predicted octanol–water partition coefficient (Wildman–Crippen LogP) is 2.40. The standard InChI is InChI=1S/C18H23N5O2S/c1-12(17-19-7-9-26-17)21-16-5-4-14(10-20-16)18(25)23-8-6-15(11-23)22(3)13(2)24/h4-5,7,9-10,12,15H,6,8,11H2,1-3H3,(H,20,21)/t12-,15+/m1/s1. The van der Waals surface area contributed by atoms with Crippen LogP contribution in [0.25, 0.3) is 0 Å². The largest absolute Gasteiger partial charge is 0.361 e. The van der Waals surface area contributed by atoms with Gasteiger partial charge in [0.1, 0.15) is 10.8 Å². The number of carbonyl (C=O) groups is 2. The van der Waals surface area contributed by atoms with Crippen molar-refractivity contribution in [2.24, 2.45) is 0 Å². The molecule has 1 fully saturated rings. The van der Waals surface area contributed by atoms with E-state index in [1.54, 1.807) is 53.6 Å². The first-order valence-corrected chi connectivity index (χ1v) is 9.48. The molecule has 26 heavy (non-hydrogen) atoms. The van der Waals surface area contributed by atoms with Crippen LogP contribution >= 0.6 is 11.3 Å². The van der Waals surface area contributed by atoms with Crippen molar-refractivity contribution in [2.75, 3.05) is 25.5 Å². The average Bonchev–Trinajstić information content (AvgIpc) is 3.33. The summed E-state index contributed by atoms with van der Waals surface area (Å²) in [4.78, 5) is 36.3. The van der Waals surface area contributed by atoms with Gasteiger partial charge in [-0.2, -0.15) is 0 Å². The van der Waals surface area contributed by atoms with Crippen LogP contribution in [0.2, 0.25) is 0 Å². The van der Waals surface area contributed by atoms with Crippen LogP contribution in [0.5, 0.6) is 0 Å². The Morgan fingerprint density at radius 1 is 1.38 bits per heavy atom. The second-order valence-electron chi connectivity index (χ2n) is 6.49. The van der Waals surface area contributed by atoms with Gasteiger partial charge in [-0.25, -0.2) is 9.97 Å². The molecular weight excluding hydrogens is 350 g/mol. The van der Waals surface area contributed by atoms with Crippen molar-refractivity contribution in [1.29, 1.82) is 0 Å². The molecule has 0 radical (unpaired) electrons. The Hall–Kier alpha value is -2.48. The summed E-state index contributed by atoms with van der Waals surface area (Å²) in [6, 6.07) is 3.75. The summed E-state index contributed by atoms with van der Waals surface area (Å²) in [5.74, 6) is 0.687. The molecule has 2 aromatic rings. The minimum Gasteiger partial charge on any atom is -0.361 e. The number of anilines is 1. The molecular formula is C18H23N5O2S. The van der Waals surface area contributed by atoms with Crippen LogP contribution in [0.15, 0.2) is 29.9 Å². The topological polar surface area (TPSA) is 78.4 Å². The predicted molar refractivity (Wildman–Crippen MR) is 101 cm³/mol. The molecule has 0 bridgehead atoms. The second kappa shape index (κ2) is 7.82. The lowest BCUT2D eigenvalue weighted by Crippen LogP contribution is -2.38. The summed E-state index contributed by atoms with van der Waals surface area (Å²) >= 11 is 1.59. The lowest BCUT2D eigenvalue weighted by Gasteiger charge is -2.23. The molecule has 0 spiro atoms. The normalized spacial score (nSPS) is 17.8. The van der Waals surface area contributed by atoms with Crippen molar-refractivity contribution in [1.82, 2.24) is 19.8 Å². The van der Waals surface area contributed by atoms with Gasteiger partial charge in [-0.1, -0.05) is 0 Å². The third-order valence-corrected chi connectivity index (χ3v) is 5.65. The number of hydrogen-bond acceptors (Lipinski definition) is 6. The molecule has 0 saturated carbocycles. The van der Waals surface area contributed by atoms with E-state index < -0.39 is 0 Å². The van der Waals surface area contributed by atoms with Crippen molar-refractivity contribution < 1.29 is 9.59 Å². The SMILES string of the molecule is CC(=O)N(C)[C@H]1CCN(C(=O)c2ccc(N[C@H](C)c3nccs3)nc2)C1. The van der Waals surface area contributed by atoms with Crippen LogP contribution < -0.4 is 5.32 Å². The van der Waals surface area contributed by atoms with Crippen molar-refractivity contribution in [3.63, 3.8) is 0 Å². The van der Waals surface area contributed by atoms with E-state index in [9.17, 15) is 9.59 Å². The van der Waals surface area contributed by atoms with Crippen LogP contribution in [-0.2, 0) is 4.79 Å². The fraction of sp³-hybridized carbons (Fsp3) is 0.444. The Kier molecular flexibility index (Phi) is 5.51. The zero-order chi connectivity index (χ0) is 18.7. The summed E-state index contributed by atoms with van der Waals surface area (Å²) < 4.78 is 0. The quantitative estimate of drug-likeness (QED) is 0.871. The third kappa shape index (κ3) is 4.01. The maximum absolute atomic E-state index is 12.7. The minimum absolute atomic E-state index is 0.0238. The van der Waals surface area contributed by atoms with Crippen molar-refractivity contribution in [3.8, 4) is 0 Å². The van der Waals surface area contributed by atoms with E-state index in [0.717, 1.165) is 11.4 Å². The summed E-state index contributed by atoms with van der Waals surface area (Å²) in [5, 5.41) is 6.21. The van der Waals surface area contributed by atoms with Crippen LogP contribution in [0.1, 0.15) is 41.7 Å². The van der Waals surface area contributed by atoms with Gasteiger partial charge in [-0.3, -0.25) is 9.59 Å². The Labute approximate surface area is 157 Å². The van der Waals surface area contributed by atoms with Gasteiger partial charge in [-0.05, 0) is 25.5 Å². The molecule has 1 saturated heterocycles. The highest BCUT2D eigenvalue weighted by molar-refractivity contribution is 7.09. The van der Waals surface area contributed by atoms with Gasteiger partial charge >= 0.3 is 0 Å². The van der Waals surface area contributed by atoms with Gasteiger partial charge in [-0.15, -0.1) is 11.3 Å². The summed E-state index contributed by atoms with van der Waals surface area (Å²) in [6.45, 7) is 4.79. The minimum atomic E-state index is -0.0449. The number of hydrogen-bond donors (Lipinski definition) is 1. The number of rotatable bonds is 5. The molecule has 0 aromatic carbocycles. The number of likely N-dealkylation sites (tertiary alicyclic amines) is 1. The Morgan fingerprint density at radius 2 is 2.19 bits per heavy atom. The molecule has 7 nitrogen and oxygen atoms in total. The fourth-order valence-electron chi connectivity index (χ4n) is 3.02. The van der Waals surface area contributed by atoms with Gasteiger partial charge in [0.05, 0.1) is 17.6 Å². The Morgan fingerprint density at radius 3 is 2.81 bits per heavy atom. The number of likely N-dealkylation sites (N-methyl/N-ethyl adjacent to an activating group) is 1. The highest BCUT2D eigenvalue weighted by Gasteiger charge is 2.30. The number of pyridine rings is 1. The maximum atomic E-state index is 12.7. The first-order valence-electron chi connectivity index (χ1n) is 8.60. The summed E-state index contributed by atoms with van der Waals surface area (Å²) in [6.07, 6.45) is 4.18. The van der Waals surface area contributed by atoms with E-state index in [4.69, 9.17) is 0 Å². The van der Waals surface area contributed by atoms with E-state index in [0.29, 0.717) is 24.5 Å². The lowest BCUT2D eigenvalue weighted by atomic mass is 10.2. The summed E-state index contributed by atoms with van der Waals surface area (Å²) in [7, 11) is 1.78. The van der Waals surface area contributed by atoms with Crippen LogP contribution in [-0.4, -0.2) is 57.8 Å². The molecule has 2 amide bonds. The third-order valence-electron chi connectivity index (χ3n) is 4.69. The molecule has 2 aromatic heterocycles. The molecule has 3 rings (SSSR count). The highest BCUT2D eigenvalue weighted by Crippen LogP contribution is 2.21. The van der Waals surface area contributed by atoms with E-state index in [-0.39, 0.29) is 23.9 Å². The molecule has 2 atom stereocenters. The van der Waals surface area contributed by atoms with Crippen molar-refractivity contribution in [3.05, 3.63) is 40.5 Å². The number of amides is 2. The molecule has 3 heterocycles. The number of nitrogens with one attached hydrogen (secondary N) is 1. The van der Waals surface area contributed by atoms with Gasteiger partial charge in [0.2, 0.25) is 5.91 Å². The van der Waals surface area contributed by atoms with E-state index in [1.807, 2.05) is 18.4 Å². The van der Waals surface area contributed by atoms with Crippen molar-refractivity contribution >= 4 is 29.0 Å². The van der Waals surface area contributed by atoms with E-state index in [2.05, 4.69) is 15.3 Å². The molecule has 1 aliphatic heterocycles. The zero-order valence-electron chi connectivity index (χ0n) is 15.2. The zero-order valence-corrected chi connectivity index (χ0v) is 16.0. The molecule has 0 aliphatic carbocycles. The molecule has 8 heteroatoms.